The Morgan fingerprint density at radius 2 is 1.88 bits per heavy atom. The highest BCUT2D eigenvalue weighted by Crippen LogP contribution is 2.47. The second-order valence-corrected chi connectivity index (χ2v) is 10.7. The minimum atomic E-state index is -3.37. The number of para-hydroxylation sites is 1. The van der Waals surface area contributed by atoms with Gasteiger partial charge in [0.15, 0.2) is 5.82 Å². The number of carbonyl (C=O) groups excluding carboxylic acids is 1. The van der Waals surface area contributed by atoms with Gasteiger partial charge in [-0.3, -0.25) is 14.6 Å². The fourth-order valence-electron chi connectivity index (χ4n) is 4.68. The van der Waals surface area contributed by atoms with Crippen LogP contribution in [0.25, 0.3) is 11.0 Å². The predicted molar refractivity (Wildman–Crippen MR) is 125 cm³/mol. The fourth-order valence-corrected chi connectivity index (χ4v) is 5.84. The number of fused-ring (bicyclic) bond motifs is 3. The number of rotatable bonds is 2. The standard InChI is InChI=1S/C22H22ClN5O3S/c1-32(30,31)28-14-22(16-4-2-3-5-19(16)28)8-10-27(11-9-22)21(29)26-20-13-24-17-7-6-15(23)12-18(17)25-20/h2-7,12-13H,8-11,14H2,1H3,(H,25,26,29). The fraction of sp³-hybridized carbons (Fsp3) is 0.318. The van der Waals surface area contributed by atoms with Crippen LogP contribution in [0.4, 0.5) is 16.3 Å². The third kappa shape index (κ3) is 3.65. The van der Waals surface area contributed by atoms with Gasteiger partial charge in [-0.1, -0.05) is 29.8 Å². The molecular formula is C22H22ClN5O3S. The number of sulfonamides is 1. The predicted octanol–water partition coefficient (Wildman–Crippen LogP) is 3.63. The van der Waals surface area contributed by atoms with E-state index in [9.17, 15) is 13.2 Å². The van der Waals surface area contributed by atoms with Crippen LogP contribution in [0.1, 0.15) is 18.4 Å². The lowest BCUT2D eigenvalue weighted by molar-refractivity contribution is 0.173. The summed E-state index contributed by atoms with van der Waals surface area (Å²) in [5.74, 6) is 0.361. The molecule has 0 atom stereocenters. The summed E-state index contributed by atoms with van der Waals surface area (Å²) in [5, 5.41) is 3.37. The minimum absolute atomic E-state index is 0.248. The maximum Gasteiger partial charge on any atom is 0.323 e. The van der Waals surface area contributed by atoms with E-state index in [0.717, 1.165) is 11.3 Å². The van der Waals surface area contributed by atoms with E-state index in [4.69, 9.17) is 11.6 Å². The first-order valence-corrected chi connectivity index (χ1v) is 12.5. The van der Waals surface area contributed by atoms with E-state index in [-0.39, 0.29) is 11.4 Å². The number of likely N-dealkylation sites (tertiary alicyclic amines) is 1. The van der Waals surface area contributed by atoms with E-state index in [2.05, 4.69) is 15.3 Å². The number of anilines is 2. The zero-order valence-electron chi connectivity index (χ0n) is 17.5. The van der Waals surface area contributed by atoms with Gasteiger partial charge in [-0.25, -0.2) is 18.2 Å². The van der Waals surface area contributed by atoms with Crippen molar-refractivity contribution in [2.45, 2.75) is 18.3 Å². The first kappa shape index (κ1) is 21.0. The first-order valence-electron chi connectivity index (χ1n) is 10.3. The molecule has 3 heterocycles. The average Bonchev–Trinajstić information content (AvgIpc) is 3.09. The normalized spacial score (nSPS) is 17.6. The van der Waals surface area contributed by atoms with E-state index in [0.29, 0.717) is 54.3 Å². The van der Waals surface area contributed by atoms with Crippen LogP contribution in [0, 0.1) is 0 Å². The van der Waals surface area contributed by atoms with Crippen LogP contribution in [0.2, 0.25) is 5.02 Å². The Morgan fingerprint density at radius 1 is 1.12 bits per heavy atom. The molecule has 2 aromatic carbocycles. The van der Waals surface area contributed by atoms with Crippen molar-refractivity contribution in [3.8, 4) is 0 Å². The van der Waals surface area contributed by atoms with Gasteiger partial charge in [0.1, 0.15) is 0 Å². The molecule has 5 rings (SSSR count). The SMILES string of the molecule is CS(=O)(=O)N1CC2(CCN(C(=O)Nc3cnc4ccc(Cl)cc4n3)CC2)c2ccccc21. The lowest BCUT2D eigenvalue weighted by atomic mass is 9.74. The van der Waals surface area contributed by atoms with Crippen LogP contribution in [-0.2, 0) is 15.4 Å². The monoisotopic (exact) mass is 471 g/mol. The summed E-state index contributed by atoms with van der Waals surface area (Å²) in [4.78, 5) is 23.3. The second-order valence-electron chi connectivity index (χ2n) is 8.37. The van der Waals surface area contributed by atoms with Gasteiger partial charge in [-0.2, -0.15) is 0 Å². The minimum Gasteiger partial charge on any atom is -0.324 e. The third-order valence-electron chi connectivity index (χ3n) is 6.34. The van der Waals surface area contributed by atoms with Gasteiger partial charge in [0.05, 0.1) is 29.2 Å². The third-order valence-corrected chi connectivity index (χ3v) is 7.70. The van der Waals surface area contributed by atoms with Gasteiger partial charge >= 0.3 is 6.03 Å². The van der Waals surface area contributed by atoms with Crippen molar-refractivity contribution in [3.63, 3.8) is 0 Å². The molecule has 2 aliphatic rings. The van der Waals surface area contributed by atoms with Crippen LogP contribution in [0.15, 0.2) is 48.7 Å². The van der Waals surface area contributed by atoms with E-state index in [1.165, 1.54) is 16.8 Å². The quantitative estimate of drug-likeness (QED) is 0.615. The molecule has 1 fully saturated rings. The van der Waals surface area contributed by atoms with Gasteiger partial charge < -0.3 is 4.90 Å². The molecule has 1 N–H and O–H groups in total. The molecule has 8 nitrogen and oxygen atoms in total. The summed E-state index contributed by atoms with van der Waals surface area (Å²) in [5.41, 5.74) is 2.82. The summed E-state index contributed by atoms with van der Waals surface area (Å²) < 4.78 is 26.2. The smallest absolute Gasteiger partial charge is 0.323 e. The number of piperidine rings is 1. The van der Waals surface area contributed by atoms with Crippen molar-refractivity contribution in [2.24, 2.45) is 0 Å². The lowest BCUT2D eigenvalue weighted by Crippen LogP contribution is -2.48. The number of urea groups is 1. The van der Waals surface area contributed by atoms with E-state index >= 15 is 0 Å². The molecule has 0 aliphatic carbocycles. The van der Waals surface area contributed by atoms with Gasteiger partial charge in [-0.05, 0) is 42.7 Å². The van der Waals surface area contributed by atoms with E-state index < -0.39 is 10.0 Å². The van der Waals surface area contributed by atoms with Gasteiger partial charge in [0.2, 0.25) is 10.0 Å². The Morgan fingerprint density at radius 3 is 2.62 bits per heavy atom. The molecule has 2 aliphatic heterocycles. The maximum absolute atomic E-state index is 12.9. The van der Waals surface area contributed by atoms with Gasteiger partial charge in [-0.15, -0.1) is 0 Å². The molecule has 10 heteroatoms. The van der Waals surface area contributed by atoms with Crippen LogP contribution < -0.4 is 9.62 Å². The summed E-state index contributed by atoms with van der Waals surface area (Å²) in [6.07, 6.45) is 4.13. The van der Waals surface area contributed by atoms with Crippen LogP contribution >= 0.6 is 11.6 Å². The average molecular weight is 472 g/mol. The Bertz CT molecular complexity index is 1320. The Labute approximate surface area is 191 Å². The van der Waals surface area contributed by atoms with Crippen molar-refractivity contribution < 1.29 is 13.2 Å². The summed E-state index contributed by atoms with van der Waals surface area (Å²) in [6.45, 7) is 1.45. The Hall–Kier alpha value is -2.91. The highest BCUT2D eigenvalue weighted by atomic mass is 35.5. The molecule has 0 radical (unpaired) electrons. The Kier molecular flexibility index (Phi) is 4.98. The van der Waals surface area contributed by atoms with Crippen molar-refractivity contribution in [3.05, 3.63) is 59.2 Å². The summed E-state index contributed by atoms with van der Waals surface area (Å²) in [6, 6.07) is 12.6. The van der Waals surface area contributed by atoms with Crippen LogP contribution in [0.5, 0.6) is 0 Å². The van der Waals surface area contributed by atoms with Crippen molar-refractivity contribution >= 4 is 50.2 Å². The highest BCUT2D eigenvalue weighted by Gasteiger charge is 2.47. The number of hydrogen-bond donors (Lipinski definition) is 1. The number of benzene rings is 2. The second kappa shape index (κ2) is 7.60. The number of hydrogen-bond acceptors (Lipinski definition) is 5. The number of aromatic nitrogens is 2. The van der Waals surface area contributed by atoms with Crippen molar-refractivity contribution in [1.82, 2.24) is 14.9 Å². The van der Waals surface area contributed by atoms with Crippen LogP contribution in [-0.4, -0.2) is 55.2 Å². The topological polar surface area (TPSA) is 95.5 Å². The number of amides is 2. The van der Waals surface area contributed by atoms with Crippen molar-refractivity contribution in [1.29, 1.82) is 0 Å². The van der Waals surface area contributed by atoms with E-state index in [1.807, 2.05) is 24.3 Å². The Balaban J connectivity index is 1.31. The number of nitrogens with one attached hydrogen (secondary N) is 1. The molecule has 1 aromatic heterocycles. The number of carbonyl (C=O) groups is 1. The zero-order chi connectivity index (χ0) is 22.5. The molecule has 2 amide bonds. The molecular weight excluding hydrogens is 450 g/mol. The van der Waals surface area contributed by atoms with Crippen LogP contribution in [0.3, 0.4) is 0 Å². The molecule has 32 heavy (non-hydrogen) atoms. The summed E-state index contributed by atoms with van der Waals surface area (Å²) >= 11 is 6.03. The first-order chi connectivity index (χ1) is 15.2. The molecule has 0 saturated carbocycles. The zero-order valence-corrected chi connectivity index (χ0v) is 19.0. The lowest BCUT2D eigenvalue weighted by Gasteiger charge is -2.39. The molecule has 3 aromatic rings. The maximum atomic E-state index is 12.9. The summed E-state index contributed by atoms with van der Waals surface area (Å²) in [7, 11) is -3.37. The molecule has 166 valence electrons. The molecule has 0 bridgehead atoms. The van der Waals surface area contributed by atoms with Gasteiger partial charge in [0, 0.05) is 30.1 Å². The molecule has 1 spiro atoms. The molecule has 1 saturated heterocycles. The molecule has 0 unspecified atom stereocenters. The largest absolute Gasteiger partial charge is 0.324 e. The number of nitrogens with zero attached hydrogens (tertiary/aromatic N) is 4. The van der Waals surface area contributed by atoms with Gasteiger partial charge in [0.25, 0.3) is 0 Å². The number of halogens is 1. The highest BCUT2D eigenvalue weighted by molar-refractivity contribution is 7.92. The van der Waals surface area contributed by atoms with E-state index in [1.54, 1.807) is 23.1 Å². The van der Waals surface area contributed by atoms with Crippen molar-refractivity contribution in [2.75, 3.05) is 35.5 Å².